The zero-order chi connectivity index (χ0) is 18.9. The molecular formula is C26H38O. The van der Waals surface area contributed by atoms with E-state index in [4.69, 9.17) is 4.74 Å². The predicted molar refractivity (Wildman–Crippen MR) is 116 cm³/mol. The Bertz CT molecular complexity index is 569. The summed E-state index contributed by atoms with van der Waals surface area (Å²) in [4.78, 5) is 0. The van der Waals surface area contributed by atoms with Crippen LogP contribution in [0, 0.1) is 17.8 Å². The van der Waals surface area contributed by atoms with Crippen LogP contribution in [0.25, 0.3) is 0 Å². The van der Waals surface area contributed by atoms with E-state index in [0.717, 1.165) is 43.3 Å². The normalized spacial score (nSPS) is 29.1. The highest BCUT2D eigenvalue weighted by Gasteiger charge is 2.30. The minimum Gasteiger partial charge on any atom is -0.376 e. The summed E-state index contributed by atoms with van der Waals surface area (Å²) in [7, 11) is 0. The lowest BCUT2D eigenvalue weighted by Crippen LogP contribution is -2.25. The first kappa shape index (κ1) is 20.4. The Morgan fingerprint density at radius 2 is 1.56 bits per heavy atom. The van der Waals surface area contributed by atoms with Crippen molar-refractivity contribution in [3.63, 3.8) is 0 Å². The number of benzene rings is 1. The van der Waals surface area contributed by atoms with Crippen LogP contribution in [-0.4, -0.2) is 6.61 Å². The lowest BCUT2D eigenvalue weighted by molar-refractivity contribution is 0.125. The summed E-state index contributed by atoms with van der Waals surface area (Å²) in [6.45, 7) is 7.59. The van der Waals surface area contributed by atoms with Gasteiger partial charge in [-0.3, -0.25) is 0 Å². The summed E-state index contributed by atoms with van der Waals surface area (Å²) in [5, 5.41) is 0. The van der Waals surface area contributed by atoms with E-state index in [1.54, 1.807) is 5.56 Å². The Labute approximate surface area is 166 Å². The number of hydrogen-bond donors (Lipinski definition) is 0. The summed E-state index contributed by atoms with van der Waals surface area (Å²) in [6.07, 6.45) is 18.7. The van der Waals surface area contributed by atoms with Gasteiger partial charge in [0.1, 0.15) is 0 Å². The highest BCUT2D eigenvalue weighted by atomic mass is 16.5. The van der Waals surface area contributed by atoms with E-state index in [2.05, 4.69) is 56.0 Å². The average Bonchev–Trinajstić information content (AvgIpc) is 2.74. The second-order valence-corrected chi connectivity index (χ2v) is 8.67. The Kier molecular flexibility index (Phi) is 8.20. The van der Waals surface area contributed by atoms with Crippen molar-refractivity contribution in [2.75, 3.05) is 6.61 Å². The number of hydrogen-bond acceptors (Lipinski definition) is 1. The Hall–Kier alpha value is -1.34. The molecule has 1 aromatic rings. The van der Waals surface area contributed by atoms with E-state index in [0.29, 0.717) is 0 Å². The molecule has 0 unspecified atom stereocenters. The van der Waals surface area contributed by atoms with E-state index in [-0.39, 0.29) is 0 Å². The Morgan fingerprint density at radius 3 is 2.15 bits per heavy atom. The van der Waals surface area contributed by atoms with Crippen molar-refractivity contribution in [1.82, 2.24) is 0 Å². The van der Waals surface area contributed by atoms with Crippen LogP contribution < -0.4 is 0 Å². The van der Waals surface area contributed by atoms with Crippen molar-refractivity contribution in [2.45, 2.75) is 77.2 Å². The van der Waals surface area contributed by atoms with Gasteiger partial charge in [-0.1, -0.05) is 42.5 Å². The molecule has 2 saturated carbocycles. The highest BCUT2D eigenvalue weighted by molar-refractivity contribution is 5.25. The molecule has 0 radical (unpaired) electrons. The Morgan fingerprint density at radius 1 is 0.926 bits per heavy atom. The van der Waals surface area contributed by atoms with Gasteiger partial charge in [0.05, 0.1) is 13.2 Å². The molecule has 0 aliphatic heterocycles. The lowest BCUT2D eigenvalue weighted by atomic mass is 9.68. The minimum atomic E-state index is 0.734. The van der Waals surface area contributed by atoms with Gasteiger partial charge in [0.15, 0.2) is 0 Å². The van der Waals surface area contributed by atoms with Gasteiger partial charge in [0.25, 0.3) is 0 Å². The van der Waals surface area contributed by atoms with Crippen LogP contribution in [0.4, 0.5) is 0 Å². The highest BCUT2D eigenvalue weighted by Crippen LogP contribution is 2.44. The molecule has 0 amide bonds. The van der Waals surface area contributed by atoms with Gasteiger partial charge in [-0.05, 0) is 99.5 Å². The van der Waals surface area contributed by atoms with E-state index in [1.807, 2.05) is 0 Å². The first-order valence-corrected chi connectivity index (χ1v) is 11.2. The van der Waals surface area contributed by atoms with E-state index in [1.165, 1.54) is 56.9 Å². The maximum atomic E-state index is 5.75. The maximum Gasteiger partial charge on any atom is 0.0717 e. The molecule has 1 heteroatoms. The third-order valence-electron chi connectivity index (χ3n) is 6.97. The molecule has 0 saturated heterocycles. The fraction of sp³-hybridized carbons (Fsp3) is 0.615. The SMILES string of the molecule is C=C[C@H]1CC[C@H]([C@H]2CC[C@H](c3ccc(COCCC=CC)cc3)CC2)CC1. The number of rotatable bonds is 8. The van der Waals surface area contributed by atoms with Gasteiger partial charge >= 0.3 is 0 Å². The quantitative estimate of drug-likeness (QED) is 0.343. The third kappa shape index (κ3) is 6.07. The molecule has 2 aliphatic rings. The van der Waals surface area contributed by atoms with Crippen LogP contribution in [0.15, 0.2) is 49.1 Å². The molecule has 0 spiro atoms. The maximum absolute atomic E-state index is 5.75. The minimum absolute atomic E-state index is 0.734. The van der Waals surface area contributed by atoms with Gasteiger partial charge in [-0.15, -0.1) is 6.58 Å². The van der Waals surface area contributed by atoms with Gasteiger partial charge in [0.2, 0.25) is 0 Å². The molecular weight excluding hydrogens is 328 g/mol. The molecule has 1 aromatic carbocycles. The second-order valence-electron chi connectivity index (χ2n) is 8.67. The number of allylic oxidation sites excluding steroid dienone is 2. The average molecular weight is 367 g/mol. The van der Waals surface area contributed by atoms with Crippen LogP contribution in [-0.2, 0) is 11.3 Å². The van der Waals surface area contributed by atoms with Crippen LogP contribution >= 0.6 is 0 Å². The summed E-state index contributed by atoms with van der Waals surface area (Å²) < 4.78 is 5.75. The molecule has 0 heterocycles. The van der Waals surface area contributed by atoms with Crippen LogP contribution in [0.1, 0.15) is 81.8 Å². The predicted octanol–water partition coefficient (Wildman–Crippen LogP) is 7.44. The van der Waals surface area contributed by atoms with Crippen molar-refractivity contribution in [3.8, 4) is 0 Å². The van der Waals surface area contributed by atoms with Crippen molar-refractivity contribution in [3.05, 3.63) is 60.2 Å². The monoisotopic (exact) mass is 366 g/mol. The van der Waals surface area contributed by atoms with Gasteiger partial charge in [-0.2, -0.15) is 0 Å². The molecule has 148 valence electrons. The first-order chi connectivity index (χ1) is 13.3. The molecule has 27 heavy (non-hydrogen) atoms. The molecule has 3 rings (SSSR count). The lowest BCUT2D eigenvalue weighted by Gasteiger charge is -2.37. The van der Waals surface area contributed by atoms with Crippen molar-refractivity contribution in [1.29, 1.82) is 0 Å². The fourth-order valence-corrected chi connectivity index (χ4v) is 5.17. The molecule has 2 aliphatic carbocycles. The molecule has 0 aromatic heterocycles. The molecule has 2 fully saturated rings. The molecule has 1 nitrogen and oxygen atoms in total. The van der Waals surface area contributed by atoms with Crippen LogP contribution in [0.2, 0.25) is 0 Å². The molecule has 0 bridgehead atoms. The van der Waals surface area contributed by atoms with Crippen molar-refractivity contribution < 1.29 is 4.74 Å². The first-order valence-electron chi connectivity index (χ1n) is 11.2. The largest absolute Gasteiger partial charge is 0.376 e. The van der Waals surface area contributed by atoms with Crippen LogP contribution in [0.5, 0.6) is 0 Å². The molecule has 0 N–H and O–H groups in total. The van der Waals surface area contributed by atoms with E-state index in [9.17, 15) is 0 Å². The van der Waals surface area contributed by atoms with Gasteiger partial charge < -0.3 is 4.74 Å². The number of ether oxygens (including phenoxy) is 1. The van der Waals surface area contributed by atoms with Crippen LogP contribution in [0.3, 0.4) is 0 Å². The molecule has 0 atom stereocenters. The zero-order valence-electron chi connectivity index (χ0n) is 17.2. The topological polar surface area (TPSA) is 9.23 Å². The van der Waals surface area contributed by atoms with E-state index >= 15 is 0 Å². The summed E-state index contributed by atoms with van der Waals surface area (Å²) in [6, 6.07) is 9.25. The summed E-state index contributed by atoms with van der Waals surface area (Å²) in [5.74, 6) is 3.54. The summed E-state index contributed by atoms with van der Waals surface area (Å²) in [5.41, 5.74) is 2.84. The van der Waals surface area contributed by atoms with E-state index < -0.39 is 0 Å². The Balaban J connectivity index is 1.41. The van der Waals surface area contributed by atoms with Crippen molar-refractivity contribution in [2.24, 2.45) is 17.8 Å². The standard InChI is InChI=1S/C26H38O/c1-3-5-6-19-27-20-22-9-13-24(14-10-22)26-17-15-25(16-18-26)23-11-7-21(4-2)8-12-23/h3-5,9-10,13-14,21,23,25-26H,2,6-8,11-12,15-20H2,1H3/t21-,23-,25-,26-. The zero-order valence-corrected chi connectivity index (χ0v) is 17.2. The smallest absolute Gasteiger partial charge is 0.0717 e. The van der Waals surface area contributed by atoms with Crippen molar-refractivity contribution >= 4 is 0 Å². The summed E-state index contributed by atoms with van der Waals surface area (Å²) >= 11 is 0. The second kappa shape index (κ2) is 10.9. The fourth-order valence-electron chi connectivity index (χ4n) is 5.17. The van der Waals surface area contributed by atoms with Gasteiger partial charge in [-0.25, -0.2) is 0 Å². The van der Waals surface area contributed by atoms with Gasteiger partial charge in [0, 0.05) is 0 Å². The third-order valence-corrected chi connectivity index (χ3v) is 6.97.